The number of carbonyl (C=O) groups excluding carboxylic acids is 1. The summed E-state index contributed by atoms with van der Waals surface area (Å²) in [6, 6.07) is 9.63. The van der Waals surface area contributed by atoms with E-state index in [1.165, 1.54) is 0 Å². The van der Waals surface area contributed by atoms with Gasteiger partial charge in [0.05, 0.1) is 18.1 Å². The standard InChI is InChI=1S/C17H12N6O/c24-17(14-16-19-7-9-23(16)8-6-18-14)22-13-10-20-15(21-11-13)12-4-2-1-3-5-12/h1-11H,(H,22,24). The Bertz CT molecular complexity index is 994. The van der Waals surface area contributed by atoms with E-state index in [2.05, 4.69) is 25.3 Å². The van der Waals surface area contributed by atoms with Gasteiger partial charge >= 0.3 is 0 Å². The highest BCUT2D eigenvalue weighted by Crippen LogP contribution is 2.15. The molecule has 0 saturated carbocycles. The van der Waals surface area contributed by atoms with Crippen molar-refractivity contribution in [1.82, 2.24) is 24.3 Å². The van der Waals surface area contributed by atoms with Gasteiger partial charge in [0.15, 0.2) is 17.2 Å². The van der Waals surface area contributed by atoms with Crippen molar-refractivity contribution >= 4 is 17.2 Å². The maximum Gasteiger partial charge on any atom is 0.278 e. The molecule has 4 aromatic rings. The molecule has 0 spiro atoms. The van der Waals surface area contributed by atoms with E-state index in [0.717, 1.165) is 5.56 Å². The second-order valence-electron chi connectivity index (χ2n) is 5.05. The van der Waals surface area contributed by atoms with Gasteiger partial charge in [0.2, 0.25) is 0 Å². The second kappa shape index (κ2) is 5.88. The molecule has 0 aliphatic carbocycles. The molecule has 7 heteroatoms. The Morgan fingerprint density at radius 1 is 0.917 bits per heavy atom. The van der Waals surface area contributed by atoms with E-state index in [9.17, 15) is 4.79 Å². The van der Waals surface area contributed by atoms with Gasteiger partial charge in [-0.3, -0.25) is 4.79 Å². The Labute approximate surface area is 137 Å². The third-order valence-electron chi connectivity index (χ3n) is 3.47. The van der Waals surface area contributed by atoms with Gasteiger partial charge in [-0.15, -0.1) is 0 Å². The number of anilines is 1. The molecule has 0 unspecified atom stereocenters. The zero-order valence-corrected chi connectivity index (χ0v) is 12.5. The number of hydrogen-bond acceptors (Lipinski definition) is 5. The molecule has 116 valence electrons. The molecular formula is C17H12N6O. The predicted molar refractivity (Wildman–Crippen MR) is 88.4 cm³/mol. The van der Waals surface area contributed by atoms with Crippen molar-refractivity contribution in [2.45, 2.75) is 0 Å². The van der Waals surface area contributed by atoms with Gasteiger partial charge in [-0.25, -0.2) is 19.9 Å². The number of fused-ring (bicyclic) bond motifs is 1. The van der Waals surface area contributed by atoms with Crippen molar-refractivity contribution in [3.8, 4) is 11.4 Å². The van der Waals surface area contributed by atoms with Crippen LogP contribution in [0.3, 0.4) is 0 Å². The Morgan fingerprint density at radius 2 is 1.62 bits per heavy atom. The first-order chi connectivity index (χ1) is 11.8. The topological polar surface area (TPSA) is 85.1 Å². The summed E-state index contributed by atoms with van der Waals surface area (Å²) in [6.45, 7) is 0. The second-order valence-corrected chi connectivity index (χ2v) is 5.05. The quantitative estimate of drug-likeness (QED) is 0.627. The number of amides is 1. The Hall–Kier alpha value is -3.61. The summed E-state index contributed by atoms with van der Waals surface area (Å²) < 4.78 is 1.73. The molecule has 0 atom stereocenters. The molecule has 24 heavy (non-hydrogen) atoms. The number of carbonyl (C=O) groups is 1. The minimum atomic E-state index is -0.358. The SMILES string of the molecule is O=C(Nc1cnc(-c2ccccc2)nc1)c1nccn2ccnc12. The van der Waals surface area contributed by atoms with E-state index in [-0.39, 0.29) is 11.6 Å². The van der Waals surface area contributed by atoms with Gasteiger partial charge in [0.1, 0.15) is 0 Å². The minimum Gasteiger partial charge on any atom is -0.318 e. The van der Waals surface area contributed by atoms with Crippen molar-refractivity contribution in [3.05, 3.63) is 73.2 Å². The normalized spacial score (nSPS) is 10.7. The Balaban J connectivity index is 1.57. The number of hydrogen-bond donors (Lipinski definition) is 1. The zero-order valence-electron chi connectivity index (χ0n) is 12.5. The first-order valence-electron chi connectivity index (χ1n) is 7.28. The van der Waals surface area contributed by atoms with Crippen LogP contribution in [0, 0.1) is 0 Å². The summed E-state index contributed by atoms with van der Waals surface area (Å²) in [5.41, 5.74) is 2.15. The molecule has 1 amide bonds. The van der Waals surface area contributed by atoms with Crippen LogP contribution in [0.15, 0.2) is 67.5 Å². The molecule has 1 N–H and O–H groups in total. The van der Waals surface area contributed by atoms with E-state index in [4.69, 9.17) is 0 Å². The number of imidazole rings is 1. The fourth-order valence-corrected chi connectivity index (χ4v) is 2.33. The van der Waals surface area contributed by atoms with Crippen LogP contribution in [0.25, 0.3) is 17.0 Å². The summed E-state index contributed by atoms with van der Waals surface area (Å²) in [4.78, 5) is 29.2. The van der Waals surface area contributed by atoms with Crippen molar-refractivity contribution in [2.75, 3.05) is 5.32 Å². The third kappa shape index (κ3) is 2.58. The van der Waals surface area contributed by atoms with Crippen molar-refractivity contribution in [3.63, 3.8) is 0 Å². The summed E-state index contributed by atoms with van der Waals surface area (Å²) in [6.07, 6.45) is 9.80. The molecule has 3 heterocycles. The highest BCUT2D eigenvalue weighted by atomic mass is 16.1. The van der Waals surface area contributed by atoms with Crippen molar-refractivity contribution < 1.29 is 4.79 Å². The molecule has 0 aliphatic rings. The molecule has 4 rings (SSSR count). The van der Waals surface area contributed by atoms with E-state index >= 15 is 0 Å². The molecule has 0 bridgehead atoms. The highest BCUT2D eigenvalue weighted by Gasteiger charge is 2.14. The van der Waals surface area contributed by atoms with Gasteiger partial charge in [0, 0.05) is 30.4 Å². The zero-order chi connectivity index (χ0) is 16.4. The minimum absolute atomic E-state index is 0.245. The average Bonchev–Trinajstić information content (AvgIpc) is 3.12. The maximum absolute atomic E-state index is 12.4. The number of nitrogens with one attached hydrogen (secondary N) is 1. The van der Waals surface area contributed by atoms with Crippen LogP contribution < -0.4 is 5.32 Å². The largest absolute Gasteiger partial charge is 0.318 e. The van der Waals surface area contributed by atoms with E-state index < -0.39 is 0 Å². The molecular weight excluding hydrogens is 304 g/mol. The molecule has 0 radical (unpaired) electrons. The van der Waals surface area contributed by atoms with Gasteiger partial charge < -0.3 is 9.72 Å². The van der Waals surface area contributed by atoms with Crippen LogP contribution in [0.5, 0.6) is 0 Å². The van der Waals surface area contributed by atoms with Crippen LogP contribution >= 0.6 is 0 Å². The molecule has 0 fully saturated rings. The lowest BCUT2D eigenvalue weighted by molar-refractivity contribution is 0.102. The Kier molecular flexibility index (Phi) is 3.43. The van der Waals surface area contributed by atoms with Gasteiger partial charge in [-0.1, -0.05) is 30.3 Å². The monoisotopic (exact) mass is 316 g/mol. The summed E-state index contributed by atoms with van der Waals surface area (Å²) >= 11 is 0. The van der Waals surface area contributed by atoms with E-state index in [1.807, 2.05) is 30.3 Å². The number of aromatic nitrogens is 5. The van der Waals surface area contributed by atoms with Crippen LogP contribution in [-0.4, -0.2) is 30.2 Å². The first kappa shape index (κ1) is 14.0. The van der Waals surface area contributed by atoms with Crippen LogP contribution in [-0.2, 0) is 0 Å². The first-order valence-corrected chi connectivity index (χ1v) is 7.28. The van der Waals surface area contributed by atoms with Gasteiger partial charge in [-0.2, -0.15) is 0 Å². The summed E-state index contributed by atoms with van der Waals surface area (Å²) in [5, 5.41) is 2.74. The maximum atomic E-state index is 12.4. The van der Waals surface area contributed by atoms with Crippen LogP contribution in [0.4, 0.5) is 5.69 Å². The van der Waals surface area contributed by atoms with Crippen LogP contribution in [0.1, 0.15) is 10.5 Å². The number of nitrogens with zero attached hydrogens (tertiary/aromatic N) is 5. The predicted octanol–water partition coefficient (Wildman–Crippen LogP) is 2.44. The summed E-state index contributed by atoms with van der Waals surface area (Å²) in [7, 11) is 0. The Morgan fingerprint density at radius 3 is 2.38 bits per heavy atom. The average molecular weight is 316 g/mol. The highest BCUT2D eigenvalue weighted by molar-refractivity contribution is 6.06. The molecule has 7 nitrogen and oxygen atoms in total. The van der Waals surface area contributed by atoms with E-state index in [0.29, 0.717) is 17.2 Å². The molecule has 3 aromatic heterocycles. The van der Waals surface area contributed by atoms with Gasteiger partial charge in [-0.05, 0) is 0 Å². The molecule has 0 aliphatic heterocycles. The van der Waals surface area contributed by atoms with Gasteiger partial charge in [0.25, 0.3) is 5.91 Å². The molecule has 0 saturated heterocycles. The van der Waals surface area contributed by atoms with Crippen LogP contribution in [0.2, 0.25) is 0 Å². The third-order valence-corrected chi connectivity index (χ3v) is 3.47. The molecule has 1 aromatic carbocycles. The number of benzene rings is 1. The number of rotatable bonds is 3. The lowest BCUT2D eigenvalue weighted by atomic mass is 10.2. The fraction of sp³-hybridized carbons (Fsp3) is 0. The fourth-order valence-electron chi connectivity index (χ4n) is 2.33. The summed E-state index contributed by atoms with van der Waals surface area (Å²) in [5.74, 6) is 0.241. The van der Waals surface area contributed by atoms with Crippen molar-refractivity contribution in [2.24, 2.45) is 0 Å². The lowest BCUT2D eigenvalue weighted by Gasteiger charge is -2.06. The smallest absolute Gasteiger partial charge is 0.278 e. The van der Waals surface area contributed by atoms with Crippen molar-refractivity contribution in [1.29, 1.82) is 0 Å². The van der Waals surface area contributed by atoms with E-state index in [1.54, 1.807) is 41.6 Å². The lowest BCUT2D eigenvalue weighted by Crippen LogP contribution is -2.15.